The van der Waals surface area contributed by atoms with E-state index in [0.717, 1.165) is 18.6 Å². The van der Waals surface area contributed by atoms with Gasteiger partial charge in [0, 0.05) is 5.92 Å². The van der Waals surface area contributed by atoms with Crippen molar-refractivity contribution in [3.05, 3.63) is 0 Å². The standard InChI is InChI=1S/C8H16OS/c1-4-6-7(3)8(9)10-5-2/h7H,4-6H2,1-3H3. The van der Waals surface area contributed by atoms with Crippen LogP contribution in [-0.2, 0) is 4.79 Å². The monoisotopic (exact) mass is 160 g/mol. The van der Waals surface area contributed by atoms with Gasteiger partial charge in [-0.05, 0) is 12.2 Å². The van der Waals surface area contributed by atoms with Gasteiger partial charge in [0.05, 0.1) is 0 Å². The molecule has 2 heteroatoms. The summed E-state index contributed by atoms with van der Waals surface area (Å²) in [5, 5.41) is 0.351. The molecule has 0 aromatic heterocycles. The van der Waals surface area contributed by atoms with Gasteiger partial charge in [0.25, 0.3) is 0 Å². The maximum Gasteiger partial charge on any atom is 0.191 e. The average molecular weight is 160 g/mol. The lowest BCUT2D eigenvalue weighted by Crippen LogP contribution is -2.06. The fourth-order valence-electron chi connectivity index (χ4n) is 0.835. The molecule has 10 heavy (non-hydrogen) atoms. The van der Waals surface area contributed by atoms with E-state index in [1.807, 2.05) is 13.8 Å². The number of rotatable bonds is 4. The van der Waals surface area contributed by atoms with E-state index in [-0.39, 0.29) is 5.92 Å². The Labute approximate surface area is 67.6 Å². The summed E-state index contributed by atoms with van der Waals surface area (Å²) in [5.41, 5.74) is 0. The summed E-state index contributed by atoms with van der Waals surface area (Å²) < 4.78 is 0. The third-order valence-corrected chi connectivity index (χ3v) is 2.39. The van der Waals surface area contributed by atoms with E-state index in [9.17, 15) is 4.79 Å². The van der Waals surface area contributed by atoms with Crippen molar-refractivity contribution in [1.82, 2.24) is 0 Å². The van der Waals surface area contributed by atoms with E-state index < -0.39 is 0 Å². The van der Waals surface area contributed by atoms with Crippen LogP contribution in [0.3, 0.4) is 0 Å². The molecule has 0 radical (unpaired) electrons. The van der Waals surface area contributed by atoms with Gasteiger partial charge in [-0.3, -0.25) is 4.79 Å². The first-order valence-corrected chi connectivity index (χ1v) is 4.87. The van der Waals surface area contributed by atoms with Crippen molar-refractivity contribution < 1.29 is 4.79 Å². The molecule has 0 saturated carbocycles. The molecule has 1 atom stereocenters. The Morgan fingerprint density at radius 1 is 1.50 bits per heavy atom. The van der Waals surface area contributed by atoms with Gasteiger partial charge in [0.2, 0.25) is 0 Å². The molecule has 0 heterocycles. The summed E-state index contributed by atoms with van der Waals surface area (Å²) in [6, 6.07) is 0. The highest BCUT2D eigenvalue weighted by Crippen LogP contribution is 2.14. The molecule has 60 valence electrons. The molecule has 0 aromatic carbocycles. The van der Waals surface area contributed by atoms with Crippen LogP contribution in [0.25, 0.3) is 0 Å². The molecule has 0 aromatic rings. The Bertz CT molecular complexity index is 101. The van der Waals surface area contributed by atoms with Gasteiger partial charge in [-0.2, -0.15) is 0 Å². The Hall–Kier alpha value is 0.0200. The number of hydrogen-bond donors (Lipinski definition) is 0. The second-order valence-corrected chi connectivity index (χ2v) is 3.71. The molecule has 1 unspecified atom stereocenters. The predicted molar refractivity (Wildman–Crippen MR) is 47.2 cm³/mol. The largest absolute Gasteiger partial charge is 0.287 e. The number of hydrogen-bond acceptors (Lipinski definition) is 2. The van der Waals surface area contributed by atoms with Gasteiger partial charge in [0.1, 0.15) is 0 Å². The molecule has 0 aliphatic heterocycles. The first-order chi connectivity index (χ1) is 4.72. The van der Waals surface area contributed by atoms with E-state index in [4.69, 9.17) is 0 Å². The van der Waals surface area contributed by atoms with Crippen molar-refractivity contribution in [2.75, 3.05) is 5.75 Å². The van der Waals surface area contributed by atoms with Crippen molar-refractivity contribution in [2.24, 2.45) is 5.92 Å². The average Bonchev–Trinajstić information content (AvgIpc) is 1.89. The summed E-state index contributed by atoms with van der Waals surface area (Å²) in [6.45, 7) is 6.14. The van der Waals surface area contributed by atoms with Crippen LogP contribution in [0.5, 0.6) is 0 Å². The molecule has 0 aliphatic rings. The van der Waals surface area contributed by atoms with E-state index >= 15 is 0 Å². The lowest BCUT2D eigenvalue weighted by molar-refractivity contribution is -0.114. The fourth-order valence-corrected chi connectivity index (χ4v) is 1.52. The molecule has 0 rings (SSSR count). The Morgan fingerprint density at radius 2 is 2.10 bits per heavy atom. The predicted octanol–water partition coefficient (Wildman–Crippen LogP) is 2.70. The molecular weight excluding hydrogens is 144 g/mol. The van der Waals surface area contributed by atoms with Gasteiger partial charge >= 0.3 is 0 Å². The quantitative estimate of drug-likeness (QED) is 0.629. The van der Waals surface area contributed by atoms with Crippen LogP contribution in [0.4, 0.5) is 0 Å². The van der Waals surface area contributed by atoms with Crippen molar-refractivity contribution in [1.29, 1.82) is 0 Å². The van der Waals surface area contributed by atoms with Crippen molar-refractivity contribution in [3.63, 3.8) is 0 Å². The molecule has 1 nitrogen and oxygen atoms in total. The lowest BCUT2D eigenvalue weighted by atomic mass is 10.1. The Morgan fingerprint density at radius 3 is 2.50 bits per heavy atom. The first kappa shape index (κ1) is 10.0. The highest BCUT2D eigenvalue weighted by atomic mass is 32.2. The minimum Gasteiger partial charge on any atom is -0.287 e. The third-order valence-electron chi connectivity index (χ3n) is 1.41. The van der Waals surface area contributed by atoms with Gasteiger partial charge in [0.15, 0.2) is 5.12 Å². The number of carbonyl (C=O) groups is 1. The molecule has 0 fully saturated rings. The van der Waals surface area contributed by atoms with Crippen LogP contribution in [0, 0.1) is 5.92 Å². The van der Waals surface area contributed by atoms with Crippen LogP contribution in [-0.4, -0.2) is 10.9 Å². The first-order valence-electron chi connectivity index (χ1n) is 3.89. The zero-order chi connectivity index (χ0) is 7.98. The summed E-state index contributed by atoms with van der Waals surface area (Å²) in [7, 11) is 0. The van der Waals surface area contributed by atoms with Gasteiger partial charge in [-0.25, -0.2) is 0 Å². The normalized spacial score (nSPS) is 13.1. The van der Waals surface area contributed by atoms with E-state index in [1.165, 1.54) is 11.8 Å². The second kappa shape index (κ2) is 5.78. The highest BCUT2D eigenvalue weighted by Gasteiger charge is 2.10. The van der Waals surface area contributed by atoms with E-state index in [0.29, 0.717) is 5.12 Å². The SMILES string of the molecule is CCCC(C)C(=O)SCC. The van der Waals surface area contributed by atoms with Crippen LogP contribution >= 0.6 is 11.8 Å². The minimum atomic E-state index is 0.259. The summed E-state index contributed by atoms with van der Waals surface area (Å²) in [5.74, 6) is 1.17. The van der Waals surface area contributed by atoms with Crippen LogP contribution in [0.2, 0.25) is 0 Å². The number of carbonyl (C=O) groups excluding carboxylic acids is 1. The number of thioether (sulfide) groups is 1. The van der Waals surface area contributed by atoms with Crippen molar-refractivity contribution in [3.8, 4) is 0 Å². The summed E-state index contributed by atoms with van der Waals surface area (Å²) in [4.78, 5) is 11.1. The second-order valence-electron chi connectivity index (χ2n) is 2.44. The van der Waals surface area contributed by atoms with Crippen molar-refractivity contribution in [2.45, 2.75) is 33.6 Å². The maximum atomic E-state index is 11.1. The van der Waals surface area contributed by atoms with Crippen LogP contribution < -0.4 is 0 Å². The van der Waals surface area contributed by atoms with Crippen LogP contribution in [0.15, 0.2) is 0 Å². The summed E-state index contributed by atoms with van der Waals surface area (Å²) >= 11 is 1.44. The van der Waals surface area contributed by atoms with Crippen LogP contribution in [0.1, 0.15) is 33.6 Å². The Balaban J connectivity index is 3.49. The fraction of sp³-hybridized carbons (Fsp3) is 0.875. The van der Waals surface area contributed by atoms with E-state index in [1.54, 1.807) is 0 Å². The van der Waals surface area contributed by atoms with Gasteiger partial charge in [-0.1, -0.05) is 39.0 Å². The molecule has 0 saturated heterocycles. The van der Waals surface area contributed by atoms with Crippen molar-refractivity contribution >= 4 is 16.9 Å². The molecule has 0 N–H and O–H groups in total. The topological polar surface area (TPSA) is 17.1 Å². The molecular formula is C8H16OS. The zero-order valence-electron chi connectivity index (χ0n) is 7.02. The zero-order valence-corrected chi connectivity index (χ0v) is 7.83. The molecule has 0 amide bonds. The molecule has 0 aliphatic carbocycles. The maximum absolute atomic E-state index is 11.1. The third kappa shape index (κ3) is 3.94. The lowest BCUT2D eigenvalue weighted by Gasteiger charge is -2.05. The minimum absolute atomic E-state index is 0.259. The summed E-state index contributed by atoms with van der Waals surface area (Å²) in [6.07, 6.45) is 2.14. The smallest absolute Gasteiger partial charge is 0.191 e. The highest BCUT2D eigenvalue weighted by molar-refractivity contribution is 8.13. The van der Waals surface area contributed by atoms with Gasteiger partial charge < -0.3 is 0 Å². The molecule has 0 bridgehead atoms. The van der Waals surface area contributed by atoms with E-state index in [2.05, 4.69) is 6.92 Å². The van der Waals surface area contributed by atoms with Gasteiger partial charge in [-0.15, -0.1) is 0 Å². The Kier molecular flexibility index (Phi) is 5.79. The molecule has 0 spiro atoms.